The molecule has 5 nitrogen and oxygen atoms in total. The van der Waals surface area contributed by atoms with Crippen LogP contribution in [-0.2, 0) is 4.79 Å². The molecule has 1 saturated heterocycles. The minimum Gasteiger partial charge on any atom is -0.479 e. The summed E-state index contributed by atoms with van der Waals surface area (Å²) in [5, 5.41) is 11.8. The topological polar surface area (TPSA) is 79.5 Å². The quantitative estimate of drug-likeness (QED) is 0.887. The number of carbonyl (C=O) groups excluding carboxylic acids is 1. The molecule has 1 fully saturated rings. The number of amides is 1. The molecule has 2 heterocycles. The highest BCUT2D eigenvalue weighted by atomic mass is 79.9. The molecule has 0 radical (unpaired) electrons. The molecule has 1 atom stereocenters. The largest absolute Gasteiger partial charge is 0.479 e. The van der Waals surface area contributed by atoms with Gasteiger partial charge in [-0.15, -0.1) is 0 Å². The van der Waals surface area contributed by atoms with Gasteiger partial charge in [-0.3, -0.25) is 4.79 Å². The minimum atomic E-state index is -1.15. The maximum Gasteiger partial charge on any atom is 0.330 e. The zero-order valence-electron chi connectivity index (χ0n) is 8.73. The van der Waals surface area contributed by atoms with Gasteiger partial charge in [0.1, 0.15) is 11.8 Å². The van der Waals surface area contributed by atoms with Gasteiger partial charge in [-0.1, -0.05) is 0 Å². The molecule has 92 valence electrons. The molecular weight excluding hydrogens is 310 g/mol. The van der Waals surface area contributed by atoms with Crippen LogP contribution in [0.5, 0.6) is 0 Å². The molecule has 0 spiro atoms. The highest BCUT2D eigenvalue weighted by Gasteiger charge is 2.43. The van der Waals surface area contributed by atoms with Crippen molar-refractivity contribution in [2.45, 2.75) is 12.0 Å². The Hall–Kier alpha value is -0.950. The molecule has 1 amide bonds. The monoisotopic (exact) mass is 319 g/mol. The van der Waals surface area contributed by atoms with E-state index >= 15 is 0 Å². The van der Waals surface area contributed by atoms with E-state index in [1.807, 2.05) is 0 Å². The maximum atomic E-state index is 11.9. The molecular formula is C10H10BrNO4S. The highest BCUT2D eigenvalue weighted by molar-refractivity contribution is 9.10. The van der Waals surface area contributed by atoms with Crippen LogP contribution >= 0.6 is 27.7 Å². The van der Waals surface area contributed by atoms with Crippen LogP contribution in [0.15, 0.2) is 21.4 Å². The van der Waals surface area contributed by atoms with Gasteiger partial charge < -0.3 is 14.8 Å². The van der Waals surface area contributed by atoms with Crippen LogP contribution in [0.2, 0.25) is 0 Å². The van der Waals surface area contributed by atoms with Gasteiger partial charge in [-0.25, -0.2) is 4.79 Å². The number of hydrogen-bond donors (Lipinski definition) is 2. The normalized spacial score (nSPS) is 23.6. The zero-order valence-corrected chi connectivity index (χ0v) is 11.1. The first-order chi connectivity index (χ1) is 8.03. The summed E-state index contributed by atoms with van der Waals surface area (Å²) in [6, 6.07) is 1.51. The van der Waals surface area contributed by atoms with Crippen molar-refractivity contribution in [1.82, 2.24) is 5.32 Å². The average Bonchev–Trinajstić information content (AvgIpc) is 2.87. The summed E-state index contributed by atoms with van der Waals surface area (Å²) in [5.74, 6) is -0.280. The molecule has 1 aliphatic heterocycles. The van der Waals surface area contributed by atoms with Crippen LogP contribution in [0.4, 0.5) is 0 Å². The number of carbonyl (C=O) groups is 2. The molecule has 1 unspecified atom stereocenters. The van der Waals surface area contributed by atoms with Crippen molar-refractivity contribution in [3.8, 4) is 0 Å². The average molecular weight is 320 g/mol. The van der Waals surface area contributed by atoms with Crippen LogP contribution in [0, 0.1) is 0 Å². The number of aliphatic carboxylic acids is 1. The first kappa shape index (κ1) is 12.5. The third-order valence-electron chi connectivity index (χ3n) is 2.61. The number of halogens is 1. The lowest BCUT2D eigenvalue weighted by atomic mass is 9.99. The Labute approximate surface area is 110 Å². The lowest BCUT2D eigenvalue weighted by Crippen LogP contribution is -2.54. The van der Waals surface area contributed by atoms with Crippen LogP contribution in [0.1, 0.15) is 16.8 Å². The number of furan rings is 1. The highest BCUT2D eigenvalue weighted by Crippen LogP contribution is 2.28. The van der Waals surface area contributed by atoms with Gasteiger partial charge in [0.05, 0.1) is 5.56 Å². The summed E-state index contributed by atoms with van der Waals surface area (Å²) in [5.41, 5.74) is -0.833. The van der Waals surface area contributed by atoms with Gasteiger partial charge in [0.2, 0.25) is 0 Å². The molecule has 0 aromatic carbocycles. The predicted octanol–water partition coefficient (Wildman–Crippen LogP) is 1.73. The lowest BCUT2D eigenvalue weighted by Gasteiger charge is -2.24. The van der Waals surface area contributed by atoms with Crippen LogP contribution in [-0.4, -0.2) is 34.0 Å². The van der Waals surface area contributed by atoms with Crippen molar-refractivity contribution < 1.29 is 19.1 Å². The van der Waals surface area contributed by atoms with Gasteiger partial charge in [-0.2, -0.15) is 11.8 Å². The van der Waals surface area contributed by atoms with E-state index in [0.717, 1.165) is 5.75 Å². The number of hydrogen-bond acceptors (Lipinski definition) is 4. The molecule has 1 aliphatic rings. The molecule has 0 saturated carbocycles. The smallest absolute Gasteiger partial charge is 0.330 e. The first-order valence-corrected chi connectivity index (χ1v) is 6.86. The van der Waals surface area contributed by atoms with Gasteiger partial charge in [0.25, 0.3) is 5.91 Å². The van der Waals surface area contributed by atoms with Crippen molar-refractivity contribution in [1.29, 1.82) is 0 Å². The van der Waals surface area contributed by atoms with E-state index in [9.17, 15) is 14.7 Å². The fourth-order valence-corrected chi connectivity index (χ4v) is 3.27. The van der Waals surface area contributed by atoms with E-state index in [-0.39, 0.29) is 0 Å². The summed E-state index contributed by atoms with van der Waals surface area (Å²) in [4.78, 5) is 23.1. The summed E-state index contributed by atoms with van der Waals surface area (Å²) in [7, 11) is 0. The van der Waals surface area contributed by atoms with E-state index in [2.05, 4.69) is 21.2 Å². The third kappa shape index (κ3) is 2.50. The Morgan fingerprint density at radius 1 is 1.59 bits per heavy atom. The molecule has 2 rings (SSSR count). The molecule has 17 heavy (non-hydrogen) atoms. The summed E-state index contributed by atoms with van der Waals surface area (Å²) in [6.45, 7) is 0. The van der Waals surface area contributed by atoms with E-state index in [1.54, 1.807) is 0 Å². The molecule has 0 aliphatic carbocycles. The molecule has 7 heteroatoms. The molecule has 0 bridgehead atoms. The van der Waals surface area contributed by atoms with Crippen LogP contribution < -0.4 is 5.32 Å². The van der Waals surface area contributed by atoms with Crippen molar-refractivity contribution in [3.05, 3.63) is 22.6 Å². The van der Waals surface area contributed by atoms with Gasteiger partial charge in [0.15, 0.2) is 4.67 Å². The van der Waals surface area contributed by atoms with E-state index in [1.165, 1.54) is 24.1 Å². The number of nitrogens with one attached hydrogen (secondary N) is 1. The standard InChI is InChI=1S/C10H10BrNO4S/c11-7-3-6(4-16-7)8(13)12-10(9(14)15)1-2-17-5-10/h3-4H,1-2,5H2,(H,12,13)(H,14,15). The van der Waals surface area contributed by atoms with Crippen molar-refractivity contribution in [2.75, 3.05) is 11.5 Å². The van der Waals surface area contributed by atoms with Crippen molar-refractivity contribution in [3.63, 3.8) is 0 Å². The fourth-order valence-electron chi connectivity index (χ4n) is 1.60. The van der Waals surface area contributed by atoms with Gasteiger partial charge in [-0.05, 0) is 28.1 Å². The lowest BCUT2D eigenvalue weighted by molar-refractivity contribution is -0.143. The van der Waals surface area contributed by atoms with Crippen LogP contribution in [0.3, 0.4) is 0 Å². The number of rotatable bonds is 3. The maximum absolute atomic E-state index is 11.9. The Balaban J connectivity index is 2.14. The van der Waals surface area contributed by atoms with E-state index in [4.69, 9.17) is 4.42 Å². The predicted molar refractivity (Wildman–Crippen MR) is 66.2 cm³/mol. The van der Waals surface area contributed by atoms with Crippen molar-refractivity contribution in [2.24, 2.45) is 0 Å². The second-order valence-electron chi connectivity index (χ2n) is 3.78. The molecule has 2 N–H and O–H groups in total. The van der Waals surface area contributed by atoms with Crippen LogP contribution in [0.25, 0.3) is 0 Å². The molecule has 1 aromatic heterocycles. The Kier molecular flexibility index (Phi) is 3.48. The number of carboxylic acid groups (broad SMARTS) is 1. The second-order valence-corrected chi connectivity index (χ2v) is 5.67. The van der Waals surface area contributed by atoms with E-state index < -0.39 is 17.4 Å². The summed E-state index contributed by atoms with van der Waals surface area (Å²) < 4.78 is 5.38. The van der Waals surface area contributed by atoms with E-state index in [0.29, 0.717) is 22.4 Å². The zero-order chi connectivity index (χ0) is 12.5. The Bertz CT molecular complexity index is 453. The summed E-state index contributed by atoms with van der Waals surface area (Å²) >= 11 is 4.61. The first-order valence-electron chi connectivity index (χ1n) is 4.91. The fraction of sp³-hybridized carbons (Fsp3) is 0.400. The van der Waals surface area contributed by atoms with Crippen molar-refractivity contribution >= 4 is 39.6 Å². The number of thioether (sulfide) groups is 1. The third-order valence-corrected chi connectivity index (χ3v) is 4.22. The minimum absolute atomic E-state index is 0.314. The summed E-state index contributed by atoms with van der Waals surface area (Å²) in [6.07, 6.45) is 1.73. The SMILES string of the molecule is O=C(NC1(C(=O)O)CCSC1)c1coc(Br)c1. The van der Waals surface area contributed by atoms with Gasteiger partial charge >= 0.3 is 5.97 Å². The Morgan fingerprint density at radius 2 is 2.35 bits per heavy atom. The Morgan fingerprint density at radius 3 is 2.82 bits per heavy atom. The number of carboxylic acids is 1. The second kappa shape index (κ2) is 4.73. The molecule has 1 aromatic rings. The van der Waals surface area contributed by atoms with Gasteiger partial charge in [0, 0.05) is 11.8 Å².